The molecule has 0 radical (unpaired) electrons. The normalized spacial score (nSPS) is 14.5. The quantitative estimate of drug-likeness (QED) is 0.267. The SMILES string of the molecule is CCCCCCOC(=O)CC(CC)(CCCCCC)P(=O)(O)O. The van der Waals surface area contributed by atoms with Gasteiger partial charge in [0.05, 0.1) is 18.2 Å². The molecular weight excluding hydrogens is 315 g/mol. The highest BCUT2D eigenvalue weighted by atomic mass is 31.2. The van der Waals surface area contributed by atoms with Crippen LogP contribution in [-0.4, -0.2) is 27.5 Å². The van der Waals surface area contributed by atoms with Crippen LogP contribution in [0.25, 0.3) is 0 Å². The lowest BCUT2D eigenvalue weighted by molar-refractivity contribution is -0.144. The second-order valence-corrected chi connectivity index (χ2v) is 8.43. The van der Waals surface area contributed by atoms with E-state index in [-0.39, 0.29) is 12.8 Å². The summed E-state index contributed by atoms with van der Waals surface area (Å²) in [5, 5.41) is -1.26. The molecule has 0 bridgehead atoms. The van der Waals surface area contributed by atoms with E-state index in [2.05, 4.69) is 13.8 Å². The number of unbranched alkanes of at least 4 members (excludes halogenated alkanes) is 6. The maximum Gasteiger partial charge on any atom is 0.332 e. The van der Waals surface area contributed by atoms with Gasteiger partial charge in [-0.05, 0) is 19.3 Å². The summed E-state index contributed by atoms with van der Waals surface area (Å²) >= 11 is 0. The summed E-state index contributed by atoms with van der Waals surface area (Å²) in [5.41, 5.74) is 0. The molecule has 0 aromatic heterocycles. The predicted molar refractivity (Wildman–Crippen MR) is 93.5 cm³/mol. The first-order chi connectivity index (χ1) is 10.8. The first kappa shape index (κ1) is 22.6. The highest BCUT2D eigenvalue weighted by Crippen LogP contribution is 2.57. The summed E-state index contributed by atoms with van der Waals surface area (Å²) in [4.78, 5) is 31.6. The standard InChI is InChI=1S/C17H35O5P/c1-4-7-9-11-13-17(6-3,23(19,20)21)15-16(18)22-14-12-10-8-5-2/h4-15H2,1-3H3,(H2,19,20,21). The first-order valence-corrected chi connectivity index (χ1v) is 10.7. The van der Waals surface area contributed by atoms with E-state index in [9.17, 15) is 19.1 Å². The third-order valence-electron chi connectivity index (χ3n) is 4.51. The number of esters is 1. The van der Waals surface area contributed by atoms with Crippen LogP contribution in [0.5, 0.6) is 0 Å². The molecule has 138 valence electrons. The zero-order chi connectivity index (χ0) is 17.8. The monoisotopic (exact) mass is 350 g/mol. The van der Waals surface area contributed by atoms with Crippen LogP contribution in [0.3, 0.4) is 0 Å². The Kier molecular flexibility index (Phi) is 11.9. The van der Waals surface area contributed by atoms with Crippen molar-refractivity contribution in [3.05, 3.63) is 0 Å². The Morgan fingerprint density at radius 3 is 2.00 bits per heavy atom. The van der Waals surface area contributed by atoms with Crippen LogP contribution in [0.1, 0.15) is 91.4 Å². The van der Waals surface area contributed by atoms with Gasteiger partial charge in [-0.3, -0.25) is 9.36 Å². The molecule has 0 fully saturated rings. The summed E-state index contributed by atoms with van der Waals surface area (Å²) < 4.78 is 17.2. The first-order valence-electron chi connectivity index (χ1n) is 9.04. The van der Waals surface area contributed by atoms with E-state index in [1.54, 1.807) is 6.92 Å². The van der Waals surface area contributed by atoms with Gasteiger partial charge in [0, 0.05) is 0 Å². The van der Waals surface area contributed by atoms with Crippen molar-refractivity contribution in [2.45, 2.75) is 96.6 Å². The van der Waals surface area contributed by atoms with Crippen molar-refractivity contribution in [2.75, 3.05) is 6.61 Å². The summed E-state index contributed by atoms with van der Waals surface area (Å²) in [6, 6.07) is 0. The highest BCUT2D eigenvalue weighted by Gasteiger charge is 2.46. The van der Waals surface area contributed by atoms with Gasteiger partial charge in [0.2, 0.25) is 0 Å². The molecule has 2 N–H and O–H groups in total. The minimum absolute atomic E-state index is 0.187. The van der Waals surface area contributed by atoms with Crippen LogP contribution >= 0.6 is 7.60 Å². The van der Waals surface area contributed by atoms with E-state index < -0.39 is 18.7 Å². The molecule has 0 spiro atoms. The van der Waals surface area contributed by atoms with Gasteiger partial charge in [0.25, 0.3) is 0 Å². The average molecular weight is 350 g/mol. The van der Waals surface area contributed by atoms with Gasteiger partial charge >= 0.3 is 13.6 Å². The van der Waals surface area contributed by atoms with E-state index >= 15 is 0 Å². The van der Waals surface area contributed by atoms with Crippen LogP contribution in [0.4, 0.5) is 0 Å². The number of carbonyl (C=O) groups is 1. The van der Waals surface area contributed by atoms with Crippen molar-refractivity contribution in [2.24, 2.45) is 0 Å². The summed E-state index contributed by atoms with van der Waals surface area (Å²) in [7, 11) is -4.36. The maximum atomic E-state index is 12.0. The van der Waals surface area contributed by atoms with Gasteiger partial charge < -0.3 is 14.5 Å². The van der Waals surface area contributed by atoms with Gasteiger partial charge in [-0.25, -0.2) is 0 Å². The topological polar surface area (TPSA) is 83.8 Å². The molecule has 23 heavy (non-hydrogen) atoms. The third kappa shape index (κ3) is 8.88. The maximum absolute atomic E-state index is 12.0. The minimum atomic E-state index is -4.36. The Balaban J connectivity index is 4.56. The molecule has 0 aliphatic heterocycles. The molecule has 0 amide bonds. The molecule has 0 aromatic carbocycles. The van der Waals surface area contributed by atoms with Gasteiger partial charge in [0.1, 0.15) is 0 Å². The zero-order valence-corrected chi connectivity index (χ0v) is 15.9. The number of rotatable bonds is 14. The molecule has 0 saturated carbocycles. The fraction of sp³-hybridized carbons (Fsp3) is 0.941. The largest absolute Gasteiger partial charge is 0.466 e. The summed E-state index contributed by atoms with van der Waals surface area (Å²) in [6.45, 7) is 6.29. The Morgan fingerprint density at radius 1 is 0.957 bits per heavy atom. The Labute approximate surface area is 141 Å². The molecule has 0 rings (SSSR count). The second kappa shape index (κ2) is 12.0. The van der Waals surface area contributed by atoms with Crippen molar-refractivity contribution in [3.63, 3.8) is 0 Å². The fourth-order valence-electron chi connectivity index (χ4n) is 2.76. The fourth-order valence-corrected chi connectivity index (χ4v) is 3.96. The second-order valence-electron chi connectivity index (χ2n) is 6.39. The van der Waals surface area contributed by atoms with Crippen molar-refractivity contribution in [3.8, 4) is 0 Å². The van der Waals surface area contributed by atoms with Crippen LogP contribution in [0.2, 0.25) is 0 Å². The molecule has 0 saturated heterocycles. The van der Waals surface area contributed by atoms with E-state index in [1.807, 2.05) is 0 Å². The molecule has 1 unspecified atom stereocenters. The van der Waals surface area contributed by atoms with Crippen LogP contribution in [0.15, 0.2) is 0 Å². The lowest BCUT2D eigenvalue weighted by atomic mass is 9.93. The van der Waals surface area contributed by atoms with Crippen molar-refractivity contribution < 1.29 is 23.9 Å². The smallest absolute Gasteiger partial charge is 0.332 e. The molecule has 5 nitrogen and oxygen atoms in total. The lowest BCUT2D eigenvalue weighted by Crippen LogP contribution is -2.32. The molecular formula is C17H35O5P. The molecule has 0 aromatic rings. The minimum Gasteiger partial charge on any atom is -0.466 e. The van der Waals surface area contributed by atoms with Gasteiger partial charge in [-0.15, -0.1) is 0 Å². The highest BCUT2D eigenvalue weighted by molar-refractivity contribution is 7.53. The van der Waals surface area contributed by atoms with Crippen molar-refractivity contribution in [1.82, 2.24) is 0 Å². The average Bonchev–Trinajstić information content (AvgIpc) is 2.49. The predicted octanol–water partition coefficient (Wildman–Crippen LogP) is 4.80. The van der Waals surface area contributed by atoms with E-state index in [4.69, 9.17) is 4.74 Å². The Bertz CT molecular complexity index is 366. The van der Waals surface area contributed by atoms with Crippen LogP contribution < -0.4 is 0 Å². The van der Waals surface area contributed by atoms with Gasteiger partial charge in [0.15, 0.2) is 0 Å². The van der Waals surface area contributed by atoms with Crippen molar-refractivity contribution in [1.29, 1.82) is 0 Å². The molecule has 0 aliphatic rings. The third-order valence-corrected chi connectivity index (χ3v) is 6.44. The summed E-state index contributed by atoms with van der Waals surface area (Å²) in [6.07, 6.45) is 8.29. The van der Waals surface area contributed by atoms with Gasteiger partial charge in [-0.2, -0.15) is 0 Å². The van der Waals surface area contributed by atoms with E-state index in [0.29, 0.717) is 13.0 Å². The van der Waals surface area contributed by atoms with Crippen LogP contribution in [-0.2, 0) is 14.1 Å². The molecule has 0 aliphatic carbocycles. The summed E-state index contributed by atoms with van der Waals surface area (Å²) in [5.74, 6) is -0.484. The zero-order valence-electron chi connectivity index (χ0n) is 15.1. The number of ether oxygens (including phenoxy) is 1. The molecule has 0 heterocycles. The number of carbonyl (C=O) groups excluding carboxylic acids is 1. The van der Waals surface area contributed by atoms with E-state index in [1.165, 1.54) is 0 Å². The molecule has 1 atom stereocenters. The molecule has 6 heteroatoms. The Hall–Kier alpha value is -0.380. The lowest BCUT2D eigenvalue weighted by Gasteiger charge is -2.32. The Morgan fingerprint density at radius 2 is 1.52 bits per heavy atom. The van der Waals surface area contributed by atoms with Crippen LogP contribution in [0, 0.1) is 0 Å². The van der Waals surface area contributed by atoms with E-state index in [0.717, 1.165) is 51.4 Å². The van der Waals surface area contributed by atoms with Crippen molar-refractivity contribution >= 4 is 13.6 Å². The number of hydrogen-bond acceptors (Lipinski definition) is 3. The number of hydrogen-bond donors (Lipinski definition) is 2. The van der Waals surface area contributed by atoms with Gasteiger partial charge in [-0.1, -0.05) is 65.7 Å².